The van der Waals surface area contributed by atoms with Gasteiger partial charge in [-0.1, -0.05) is 19.3 Å². The van der Waals surface area contributed by atoms with Crippen molar-refractivity contribution in [2.24, 2.45) is 0 Å². The summed E-state index contributed by atoms with van der Waals surface area (Å²) >= 11 is 0. The van der Waals surface area contributed by atoms with Crippen molar-refractivity contribution in [1.29, 1.82) is 0 Å². The van der Waals surface area contributed by atoms with Crippen molar-refractivity contribution in [3.05, 3.63) is 23.8 Å². The van der Waals surface area contributed by atoms with Gasteiger partial charge in [-0.15, -0.1) is 0 Å². The first-order chi connectivity index (χ1) is 9.91. The third-order valence-corrected chi connectivity index (χ3v) is 4.13. The van der Waals surface area contributed by atoms with Gasteiger partial charge in [0.2, 0.25) is 0 Å². The molecule has 0 bridgehead atoms. The summed E-state index contributed by atoms with van der Waals surface area (Å²) < 4.78 is 0. The van der Waals surface area contributed by atoms with Gasteiger partial charge in [0.1, 0.15) is 0 Å². The molecular formula is C16H25N3O2. The van der Waals surface area contributed by atoms with Gasteiger partial charge in [0.25, 0.3) is 5.91 Å². The lowest BCUT2D eigenvalue weighted by Crippen LogP contribution is -2.44. The number of anilines is 2. The van der Waals surface area contributed by atoms with Crippen molar-refractivity contribution in [2.45, 2.75) is 37.7 Å². The fourth-order valence-electron chi connectivity index (χ4n) is 2.84. The molecule has 21 heavy (non-hydrogen) atoms. The minimum absolute atomic E-state index is 0.189. The molecule has 5 heteroatoms. The van der Waals surface area contributed by atoms with Crippen molar-refractivity contribution >= 4 is 17.3 Å². The molecule has 1 aliphatic carbocycles. The molecule has 5 nitrogen and oxygen atoms in total. The molecule has 0 saturated heterocycles. The fraction of sp³-hybridized carbons (Fsp3) is 0.562. The van der Waals surface area contributed by atoms with Gasteiger partial charge in [0.05, 0.1) is 17.0 Å². The van der Waals surface area contributed by atoms with Crippen LogP contribution in [0, 0.1) is 0 Å². The predicted octanol–water partition coefficient (Wildman–Crippen LogP) is 1.76. The fourth-order valence-corrected chi connectivity index (χ4v) is 2.84. The number of aliphatic hydroxyl groups is 1. The minimum Gasteiger partial charge on any atom is -0.397 e. The first kappa shape index (κ1) is 15.6. The smallest absolute Gasteiger partial charge is 0.251 e. The zero-order valence-corrected chi connectivity index (χ0v) is 12.9. The Morgan fingerprint density at radius 3 is 2.57 bits per heavy atom. The van der Waals surface area contributed by atoms with Crippen LogP contribution in [0.25, 0.3) is 0 Å². The topological polar surface area (TPSA) is 78.6 Å². The summed E-state index contributed by atoms with van der Waals surface area (Å²) in [6, 6.07) is 5.26. The number of nitrogens with one attached hydrogen (secondary N) is 1. The van der Waals surface area contributed by atoms with Crippen LogP contribution in [0.15, 0.2) is 18.2 Å². The van der Waals surface area contributed by atoms with E-state index in [1.807, 2.05) is 25.1 Å². The van der Waals surface area contributed by atoms with E-state index in [1.165, 1.54) is 6.42 Å². The monoisotopic (exact) mass is 291 g/mol. The highest BCUT2D eigenvalue weighted by Crippen LogP contribution is 2.27. The molecule has 1 fully saturated rings. The van der Waals surface area contributed by atoms with Crippen molar-refractivity contribution < 1.29 is 9.90 Å². The molecule has 0 heterocycles. The number of hydrogen-bond acceptors (Lipinski definition) is 4. The first-order valence-electron chi connectivity index (χ1n) is 7.49. The Bertz CT molecular complexity index is 508. The van der Waals surface area contributed by atoms with Crippen molar-refractivity contribution in [1.82, 2.24) is 5.32 Å². The zero-order valence-electron chi connectivity index (χ0n) is 12.9. The Morgan fingerprint density at radius 1 is 1.33 bits per heavy atom. The number of carbonyl (C=O) groups is 1. The average molecular weight is 291 g/mol. The summed E-state index contributed by atoms with van der Waals surface area (Å²) in [5, 5.41) is 13.2. The Morgan fingerprint density at radius 2 is 2.00 bits per heavy atom. The lowest BCUT2D eigenvalue weighted by molar-refractivity contribution is 0.00526. The van der Waals surface area contributed by atoms with Gasteiger partial charge in [-0.2, -0.15) is 0 Å². The van der Waals surface area contributed by atoms with Crippen LogP contribution in [-0.4, -0.2) is 37.3 Å². The number of carbonyl (C=O) groups excluding carboxylic acids is 1. The molecule has 1 aromatic carbocycles. The number of nitrogens with zero attached hydrogens (tertiary/aromatic N) is 1. The number of nitrogens with two attached hydrogens (primary N) is 1. The van der Waals surface area contributed by atoms with Crippen LogP contribution in [0.5, 0.6) is 0 Å². The van der Waals surface area contributed by atoms with Crippen LogP contribution in [0.1, 0.15) is 42.5 Å². The standard InChI is InChI=1S/C16H25N3O2/c1-19(2)14-7-6-12(10-13(14)17)15(20)18-11-16(21)8-4-3-5-9-16/h6-7,10,21H,3-5,8-9,11,17H2,1-2H3,(H,18,20). The first-order valence-corrected chi connectivity index (χ1v) is 7.49. The summed E-state index contributed by atoms with van der Waals surface area (Å²) in [6.45, 7) is 0.307. The molecule has 4 N–H and O–H groups in total. The molecule has 0 aliphatic heterocycles. The third-order valence-electron chi connectivity index (χ3n) is 4.13. The van der Waals surface area contributed by atoms with E-state index >= 15 is 0 Å². The number of rotatable bonds is 4. The summed E-state index contributed by atoms with van der Waals surface area (Å²) in [5.74, 6) is -0.189. The van der Waals surface area contributed by atoms with Gasteiger partial charge < -0.3 is 21.1 Å². The van der Waals surface area contributed by atoms with Crippen molar-refractivity contribution in [2.75, 3.05) is 31.3 Å². The number of nitrogen functional groups attached to an aromatic ring is 1. The third kappa shape index (κ3) is 3.88. The summed E-state index contributed by atoms with van der Waals surface area (Å²) in [7, 11) is 3.81. The maximum absolute atomic E-state index is 12.2. The molecule has 0 spiro atoms. The Kier molecular flexibility index (Phi) is 4.73. The van der Waals surface area contributed by atoms with E-state index in [4.69, 9.17) is 5.73 Å². The molecule has 1 saturated carbocycles. The summed E-state index contributed by atoms with van der Waals surface area (Å²) in [6.07, 6.45) is 4.73. The quantitative estimate of drug-likeness (QED) is 0.739. The van der Waals surface area contributed by atoms with E-state index in [9.17, 15) is 9.90 Å². The van der Waals surface area contributed by atoms with Gasteiger partial charge >= 0.3 is 0 Å². The molecule has 1 aromatic rings. The van der Waals surface area contributed by atoms with E-state index in [1.54, 1.807) is 12.1 Å². The van der Waals surface area contributed by atoms with E-state index in [-0.39, 0.29) is 5.91 Å². The van der Waals surface area contributed by atoms with E-state index in [0.29, 0.717) is 17.8 Å². The van der Waals surface area contributed by atoms with Crippen LogP contribution in [0.2, 0.25) is 0 Å². The molecule has 1 amide bonds. The number of amides is 1. The largest absolute Gasteiger partial charge is 0.397 e. The Labute approximate surface area is 126 Å². The van der Waals surface area contributed by atoms with Crippen LogP contribution in [0.4, 0.5) is 11.4 Å². The van der Waals surface area contributed by atoms with Gasteiger partial charge in [-0.25, -0.2) is 0 Å². The highest BCUT2D eigenvalue weighted by atomic mass is 16.3. The second-order valence-corrected chi connectivity index (χ2v) is 6.14. The molecule has 1 aliphatic rings. The molecular weight excluding hydrogens is 266 g/mol. The SMILES string of the molecule is CN(C)c1ccc(C(=O)NCC2(O)CCCCC2)cc1N. The lowest BCUT2D eigenvalue weighted by Gasteiger charge is -2.32. The van der Waals surface area contributed by atoms with E-state index in [2.05, 4.69) is 5.32 Å². The maximum atomic E-state index is 12.2. The van der Waals surface area contributed by atoms with E-state index in [0.717, 1.165) is 31.4 Å². The highest BCUT2D eigenvalue weighted by molar-refractivity contribution is 5.96. The predicted molar refractivity (Wildman–Crippen MR) is 85.5 cm³/mol. The van der Waals surface area contributed by atoms with Crippen LogP contribution < -0.4 is 16.0 Å². The number of benzene rings is 1. The van der Waals surface area contributed by atoms with Crippen LogP contribution >= 0.6 is 0 Å². The second kappa shape index (κ2) is 6.35. The zero-order chi connectivity index (χ0) is 15.5. The molecule has 0 unspecified atom stereocenters. The van der Waals surface area contributed by atoms with E-state index < -0.39 is 5.60 Å². The molecule has 0 radical (unpaired) electrons. The molecule has 0 atom stereocenters. The number of hydrogen-bond donors (Lipinski definition) is 3. The minimum atomic E-state index is -0.747. The maximum Gasteiger partial charge on any atom is 0.251 e. The Hall–Kier alpha value is -1.75. The van der Waals surface area contributed by atoms with Gasteiger partial charge in [0, 0.05) is 26.2 Å². The summed E-state index contributed by atoms with van der Waals surface area (Å²) in [5.41, 5.74) is 7.19. The van der Waals surface area contributed by atoms with Gasteiger partial charge in [-0.3, -0.25) is 4.79 Å². The lowest BCUT2D eigenvalue weighted by atomic mass is 9.85. The molecule has 0 aromatic heterocycles. The van der Waals surface area contributed by atoms with Gasteiger partial charge in [0.15, 0.2) is 0 Å². The Balaban J connectivity index is 1.98. The molecule has 2 rings (SSSR count). The normalized spacial score (nSPS) is 17.3. The highest BCUT2D eigenvalue weighted by Gasteiger charge is 2.29. The van der Waals surface area contributed by atoms with Crippen LogP contribution in [-0.2, 0) is 0 Å². The molecule has 116 valence electrons. The second-order valence-electron chi connectivity index (χ2n) is 6.14. The van der Waals surface area contributed by atoms with Crippen molar-refractivity contribution in [3.8, 4) is 0 Å². The van der Waals surface area contributed by atoms with Crippen LogP contribution in [0.3, 0.4) is 0 Å². The average Bonchev–Trinajstić information content (AvgIpc) is 2.45. The van der Waals surface area contributed by atoms with Gasteiger partial charge in [-0.05, 0) is 31.0 Å². The van der Waals surface area contributed by atoms with Crippen molar-refractivity contribution in [3.63, 3.8) is 0 Å². The summed E-state index contributed by atoms with van der Waals surface area (Å²) in [4.78, 5) is 14.1.